The summed E-state index contributed by atoms with van der Waals surface area (Å²) in [7, 11) is 0. The topological polar surface area (TPSA) is 55.6 Å². The zero-order valence-electron chi connectivity index (χ0n) is 8.38. The third-order valence-electron chi connectivity index (χ3n) is 2.45. The number of hydroxylamine groups is 2. The summed E-state index contributed by atoms with van der Waals surface area (Å²) in [5, 5.41) is 1.45. The number of hydrogen-bond donors (Lipinski definition) is 1. The Hall–Kier alpha value is -0.610. The van der Waals surface area contributed by atoms with Crippen LogP contribution in [0.2, 0.25) is 0 Å². The number of carbonyl (C=O) groups excluding carboxylic acids is 1. The molecule has 0 saturated carbocycles. The van der Waals surface area contributed by atoms with E-state index in [2.05, 4.69) is 0 Å². The maximum Gasteiger partial charge on any atom is 0.249 e. The summed E-state index contributed by atoms with van der Waals surface area (Å²) in [6, 6.07) is 0. The smallest absolute Gasteiger partial charge is 0.249 e. The van der Waals surface area contributed by atoms with Crippen LogP contribution < -0.4 is 5.73 Å². The van der Waals surface area contributed by atoms with Gasteiger partial charge >= 0.3 is 0 Å². The fourth-order valence-electron chi connectivity index (χ4n) is 1.35. The number of nitrogens with zero attached hydrogens (tertiary/aromatic N) is 1. The molecular formula is C9H18N2O2. The van der Waals surface area contributed by atoms with Crippen molar-refractivity contribution in [3.05, 3.63) is 0 Å². The Balaban J connectivity index is 2.46. The Labute approximate surface area is 79.0 Å². The zero-order chi connectivity index (χ0) is 9.90. The second-order valence-electron chi connectivity index (χ2n) is 3.71. The summed E-state index contributed by atoms with van der Waals surface area (Å²) in [5.74, 6) is 0.0813. The molecule has 13 heavy (non-hydrogen) atoms. The minimum Gasteiger partial charge on any atom is -0.330 e. The average Bonchev–Trinajstić information content (AvgIpc) is 2.39. The first kappa shape index (κ1) is 10.5. The van der Waals surface area contributed by atoms with Gasteiger partial charge in [0.2, 0.25) is 5.91 Å². The van der Waals surface area contributed by atoms with Crippen LogP contribution in [0.4, 0.5) is 0 Å². The fraction of sp³-hybridized carbons (Fsp3) is 0.889. The van der Waals surface area contributed by atoms with Gasteiger partial charge < -0.3 is 5.73 Å². The van der Waals surface area contributed by atoms with Crippen LogP contribution in [0.1, 0.15) is 33.1 Å². The summed E-state index contributed by atoms with van der Waals surface area (Å²) < 4.78 is 0. The number of nitrogens with two attached hydrogens (primary N) is 1. The average molecular weight is 186 g/mol. The van der Waals surface area contributed by atoms with Crippen LogP contribution >= 0.6 is 0 Å². The van der Waals surface area contributed by atoms with E-state index in [-0.39, 0.29) is 11.5 Å². The maximum absolute atomic E-state index is 11.4. The van der Waals surface area contributed by atoms with Crippen LogP contribution in [0.3, 0.4) is 0 Å². The molecule has 1 amide bonds. The monoisotopic (exact) mass is 186 g/mol. The van der Waals surface area contributed by atoms with E-state index in [4.69, 9.17) is 10.6 Å². The lowest BCUT2D eigenvalue weighted by atomic mass is 10.0. The molecule has 0 spiro atoms. The highest BCUT2D eigenvalue weighted by Crippen LogP contribution is 2.29. The lowest BCUT2D eigenvalue weighted by Gasteiger charge is -2.22. The van der Waals surface area contributed by atoms with E-state index in [1.165, 1.54) is 5.06 Å². The predicted octanol–water partition coefficient (Wildman–Crippen LogP) is 0.668. The Morgan fingerprint density at radius 2 is 2.38 bits per heavy atom. The summed E-state index contributed by atoms with van der Waals surface area (Å²) in [5.41, 5.74) is 5.07. The molecule has 1 aliphatic heterocycles. The van der Waals surface area contributed by atoms with Crippen LogP contribution in [0, 0.1) is 0 Å². The molecule has 0 aromatic rings. The van der Waals surface area contributed by atoms with Gasteiger partial charge in [0.15, 0.2) is 0 Å². The Bertz CT molecular complexity index is 196. The summed E-state index contributed by atoms with van der Waals surface area (Å²) in [6.45, 7) is 5.20. The van der Waals surface area contributed by atoms with Crippen LogP contribution in [-0.2, 0) is 9.63 Å². The molecule has 1 unspecified atom stereocenters. The summed E-state index contributed by atoms with van der Waals surface area (Å²) >= 11 is 0. The van der Waals surface area contributed by atoms with Gasteiger partial charge in [0.25, 0.3) is 0 Å². The number of rotatable bonds is 4. The molecule has 1 aliphatic rings. The Morgan fingerprint density at radius 3 is 2.85 bits per heavy atom. The van der Waals surface area contributed by atoms with Gasteiger partial charge in [0, 0.05) is 6.54 Å². The quantitative estimate of drug-likeness (QED) is 0.702. The van der Waals surface area contributed by atoms with Crippen molar-refractivity contribution in [2.24, 2.45) is 5.73 Å². The van der Waals surface area contributed by atoms with Crippen molar-refractivity contribution in [3.8, 4) is 0 Å². The van der Waals surface area contributed by atoms with E-state index in [1.54, 1.807) is 0 Å². The molecule has 4 heteroatoms. The maximum atomic E-state index is 11.4. The predicted molar refractivity (Wildman–Crippen MR) is 49.8 cm³/mol. The molecule has 1 atom stereocenters. The van der Waals surface area contributed by atoms with Gasteiger partial charge in [-0.1, -0.05) is 6.92 Å². The lowest BCUT2D eigenvalue weighted by Crippen LogP contribution is -2.29. The first-order valence-corrected chi connectivity index (χ1v) is 4.81. The summed E-state index contributed by atoms with van der Waals surface area (Å²) in [6.07, 6.45) is 2.15. The molecule has 76 valence electrons. The van der Waals surface area contributed by atoms with Crippen molar-refractivity contribution >= 4 is 5.91 Å². The van der Waals surface area contributed by atoms with Gasteiger partial charge in [-0.3, -0.25) is 9.63 Å². The molecule has 1 saturated heterocycles. The zero-order valence-corrected chi connectivity index (χ0v) is 8.38. The van der Waals surface area contributed by atoms with Crippen LogP contribution in [-0.4, -0.2) is 29.7 Å². The van der Waals surface area contributed by atoms with E-state index < -0.39 is 0 Å². The minimum atomic E-state index is -0.286. The molecule has 1 rings (SSSR count). The molecular weight excluding hydrogens is 168 g/mol. The first-order chi connectivity index (χ1) is 6.11. The van der Waals surface area contributed by atoms with Gasteiger partial charge in [-0.2, -0.15) is 0 Å². The number of amides is 1. The molecule has 0 aromatic heterocycles. The largest absolute Gasteiger partial charge is 0.330 e. The van der Waals surface area contributed by atoms with E-state index >= 15 is 0 Å². The van der Waals surface area contributed by atoms with Gasteiger partial charge in [-0.15, -0.1) is 0 Å². The molecule has 1 heterocycles. The standard InChI is InChI=1S/C9H18N2O2/c1-3-9(2)7-8(12)11(13-9)6-4-5-10/h3-7,10H2,1-2H3. The second-order valence-corrected chi connectivity index (χ2v) is 3.71. The molecule has 0 aromatic carbocycles. The summed E-state index contributed by atoms with van der Waals surface area (Å²) in [4.78, 5) is 17.0. The van der Waals surface area contributed by atoms with Gasteiger partial charge in [0.05, 0.1) is 6.42 Å². The molecule has 1 fully saturated rings. The molecule has 0 aliphatic carbocycles. The second kappa shape index (κ2) is 4.07. The van der Waals surface area contributed by atoms with Gasteiger partial charge in [-0.25, -0.2) is 5.06 Å². The van der Waals surface area contributed by atoms with Crippen LogP contribution in [0.25, 0.3) is 0 Å². The van der Waals surface area contributed by atoms with E-state index in [0.29, 0.717) is 19.5 Å². The third kappa shape index (κ3) is 2.42. The van der Waals surface area contributed by atoms with E-state index in [9.17, 15) is 4.79 Å². The highest BCUT2D eigenvalue weighted by atomic mass is 16.7. The molecule has 0 radical (unpaired) electrons. The van der Waals surface area contributed by atoms with Crippen LogP contribution in [0.5, 0.6) is 0 Å². The molecule has 4 nitrogen and oxygen atoms in total. The van der Waals surface area contributed by atoms with E-state index in [0.717, 1.165) is 12.8 Å². The van der Waals surface area contributed by atoms with Crippen molar-refractivity contribution in [1.82, 2.24) is 5.06 Å². The number of hydrogen-bond acceptors (Lipinski definition) is 3. The van der Waals surface area contributed by atoms with Crippen molar-refractivity contribution in [2.45, 2.75) is 38.7 Å². The lowest BCUT2D eigenvalue weighted by molar-refractivity contribution is -0.195. The van der Waals surface area contributed by atoms with Crippen LogP contribution in [0.15, 0.2) is 0 Å². The number of carbonyl (C=O) groups is 1. The normalized spacial score (nSPS) is 28.5. The van der Waals surface area contributed by atoms with Gasteiger partial charge in [-0.05, 0) is 26.3 Å². The van der Waals surface area contributed by atoms with Crippen molar-refractivity contribution in [1.29, 1.82) is 0 Å². The Morgan fingerprint density at radius 1 is 1.69 bits per heavy atom. The highest BCUT2D eigenvalue weighted by molar-refractivity contribution is 5.77. The highest BCUT2D eigenvalue weighted by Gasteiger charge is 2.39. The molecule has 2 N–H and O–H groups in total. The van der Waals surface area contributed by atoms with Crippen molar-refractivity contribution < 1.29 is 9.63 Å². The molecule has 0 bridgehead atoms. The minimum absolute atomic E-state index is 0.0813. The Kier molecular flexibility index (Phi) is 3.27. The van der Waals surface area contributed by atoms with Gasteiger partial charge in [0.1, 0.15) is 5.60 Å². The third-order valence-corrected chi connectivity index (χ3v) is 2.45. The fourth-order valence-corrected chi connectivity index (χ4v) is 1.35. The van der Waals surface area contributed by atoms with Crippen molar-refractivity contribution in [3.63, 3.8) is 0 Å². The van der Waals surface area contributed by atoms with E-state index in [1.807, 2.05) is 13.8 Å². The van der Waals surface area contributed by atoms with Crippen molar-refractivity contribution in [2.75, 3.05) is 13.1 Å². The SMILES string of the molecule is CCC1(C)CC(=O)N(CCCN)O1. The first-order valence-electron chi connectivity index (χ1n) is 4.81.